The van der Waals surface area contributed by atoms with Gasteiger partial charge in [0.2, 0.25) is 10.0 Å². The third-order valence-corrected chi connectivity index (χ3v) is 8.25. The number of fused-ring (bicyclic) bond motifs is 1. The Bertz CT molecular complexity index is 1600. The predicted octanol–water partition coefficient (Wildman–Crippen LogP) is 6.15. The van der Waals surface area contributed by atoms with E-state index in [4.69, 9.17) is 0 Å². The highest BCUT2D eigenvalue weighted by Gasteiger charge is 2.23. The Morgan fingerprint density at radius 2 is 1.65 bits per heavy atom. The number of nitrogens with one attached hydrogen (secondary N) is 1. The zero-order valence-electron chi connectivity index (χ0n) is 20.8. The third kappa shape index (κ3) is 5.76. The van der Waals surface area contributed by atoms with Crippen molar-refractivity contribution in [1.29, 1.82) is 0 Å². The monoisotopic (exact) mass is 580 g/mol. The van der Waals surface area contributed by atoms with Gasteiger partial charge in [0.1, 0.15) is 0 Å². The number of sulfonamides is 1. The molecule has 1 N–H and O–H groups in total. The minimum atomic E-state index is -3.61. The van der Waals surface area contributed by atoms with Crippen LogP contribution in [0.4, 0.5) is 0 Å². The van der Waals surface area contributed by atoms with Crippen LogP contribution in [-0.2, 0) is 16.6 Å². The lowest BCUT2D eigenvalue weighted by atomic mass is 9.94. The molecule has 3 aromatic carbocycles. The fourth-order valence-corrected chi connectivity index (χ4v) is 5.78. The molecule has 1 heterocycles. The summed E-state index contributed by atoms with van der Waals surface area (Å²) in [4.78, 5) is 27.2. The number of carbonyl (C=O) groups is 1. The lowest BCUT2D eigenvalue weighted by molar-refractivity contribution is 0.0979. The average molecular weight is 582 g/mol. The summed E-state index contributed by atoms with van der Waals surface area (Å²) in [6.45, 7) is 4.29. The van der Waals surface area contributed by atoms with E-state index in [1.807, 2.05) is 49.4 Å². The zero-order chi connectivity index (χ0) is 26.6. The van der Waals surface area contributed by atoms with E-state index in [9.17, 15) is 18.0 Å². The molecule has 0 spiro atoms. The van der Waals surface area contributed by atoms with Crippen molar-refractivity contribution in [3.8, 4) is 11.1 Å². The molecule has 4 aromatic rings. The molecule has 8 heteroatoms. The van der Waals surface area contributed by atoms with Crippen molar-refractivity contribution in [2.75, 3.05) is 6.54 Å². The topological polar surface area (TPSA) is 85.2 Å². The van der Waals surface area contributed by atoms with E-state index >= 15 is 0 Å². The number of nitrogens with zero attached hydrogens (tertiary/aromatic N) is 1. The summed E-state index contributed by atoms with van der Waals surface area (Å²) in [6, 6.07) is 21.5. The second-order valence-corrected chi connectivity index (χ2v) is 11.5. The molecule has 1 aromatic heterocycles. The van der Waals surface area contributed by atoms with Gasteiger partial charge in [-0.3, -0.25) is 14.2 Å². The van der Waals surface area contributed by atoms with Crippen molar-refractivity contribution < 1.29 is 13.2 Å². The van der Waals surface area contributed by atoms with Gasteiger partial charge < -0.3 is 0 Å². The molecule has 0 unspecified atom stereocenters. The lowest BCUT2D eigenvalue weighted by Gasteiger charge is -2.19. The normalized spacial score (nSPS) is 11.6. The maximum Gasteiger partial charge on any atom is 0.259 e. The summed E-state index contributed by atoms with van der Waals surface area (Å²) in [7, 11) is -3.61. The number of hydrogen-bond acceptors (Lipinski definition) is 4. The molecule has 0 amide bonds. The van der Waals surface area contributed by atoms with E-state index in [-0.39, 0.29) is 29.2 Å². The Morgan fingerprint density at radius 3 is 2.30 bits per heavy atom. The molecule has 0 radical (unpaired) electrons. The quantitative estimate of drug-likeness (QED) is 0.180. The zero-order valence-corrected chi connectivity index (χ0v) is 23.2. The van der Waals surface area contributed by atoms with Crippen LogP contribution in [0.15, 0.2) is 87.0 Å². The molecule has 0 aliphatic rings. The summed E-state index contributed by atoms with van der Waals surface area (Å²) in [5.41, 5.74) is 2.35. The van der Waals surface area contributed by atoms with Crippen LogP contribution >= 0.6 is 15.9 Å². The summed E-state index contributed by atoms with van der Waals surface area (Å²) in [6.07, 6.45) is 1.89. The molecular weight excluding hydrogens is 552 g/mol. The lowest BCUT2D eigenvalue weighted by Crippen LogP contribution is -2.28. The summed E-state index contributed by atoms with van der Waals surface area (Å²) >= 11 is 3.51. The van der Waals surface area contributed by atoms with Crippen molar-refractivity contribution in [3.05, 3.63) is 98.9 Å². The molecule has 192 valence electrons. The molecule has 0 fully saturated rings. The van der Waals surface area contributed by atoms with Gasteiger partial charge in [-0.1, -0.05) is 78.7 Å². The Morgan fingerprint density at radius 1 is 0.946 bits per heavy atom. The summed E-state index contributed by atoms with van der Waals surface area (Å²) in [5, 5.41) is 1.22. The van der Waals surface area contributed by atoms with Crippen LogP contribution in [0.25, 0.3) is 21.9 Å². The maximum atomic E-state index is 13.7. The number of pyridine rings is 1. The van der Waals surface area contributed by atoms with Crippen molar-refractivity contribution in [2.45, 2.75) is 44.6 Å². The van der Waals surface area contributed by atoms with E-state index < -0.39 is 10.0 Å². The highest BCUT2D eigenvalue weighted by Crippen LogP contribution is 2.33. The van der Waals surface area contributed by atoms with Crippen LogP contribution in [0.3, 0.4) is 0 Å². The number of benzene rings is 3. The Balaban J connectivity index is 1.87. The van der Waals surface area contributed by atoms with Crippen molar-refractivity contribution >= 4 is 42.5 Å². The predicted molar refractivity (Wildman–Crippen MR) is 152 cm³/mol. The Kier molecular flexibility index (Phi) is 8.42. The van der Waals surface area contributed by atoms with Crippen LogP contribution in [0.2, 0.25) is 0 Å². The van der Waals surface area contributed by atoms with E-state index in [0.717, 1.165) is 28.4 Å². The molecule has 0 saturated carbocycles. The fourth-order valence-electron chi connectivity index (χ4n) is 4.35. The van der Waals surface area contributed by atoms with Crippen molar-refractivity contribution in [2.24, 2.45) is 0 Å². The molecule has 4 rings (SSSR count). The van der Waals surface area contributed by atoms with Gasteiger partial charge in [-0.2, -0.15) is 0 Å². The molecule has 37 heavy (non-hydrogen) atoms. The minimum Gasteiger partial charge on any atom is -0.300 e. The maximum absolute atomic E-state index is 13.7. The first-order valence-corrected chi connectivity index (χ1v) is 14.6. The van der Waals surface area contributed by atoms with Gasteiger partial charge in [-0.25, -0.2) is 13.1 Å². The molecule has 0 bridgehead atoms. The number of unbranched alkanes of at least 4 members (excludes halogenated alkanes) is 1. The van der Waals surface area contributed by atoms with Crippen molar-refractivity contribution in [3.63, 3.8) is 0 Å². The summed E-state index contributed by atoms with van der Waals surface area (Å²) in [5.74, 6) is -0.142. The standard InChI is InChI=1S/C29H29BrN2O4S/c1-3-5-17-31-37(35,36)23-14-11-20(12-15-23)19-32-28(26(33)4-2)27(21-9-7-6-8-10-21)25-18-22(30)13-16-24(25)29(32)34/h6-16,18,31H,3-5,17,19H2,1-2H3. The molecular formula is C29H29BrN2O4S. The molecule has 0 aliphatic heterocycles. The van der Waals surface area contributed by atoms with Gasteiger partial charge >= 0.3 is 0 Å². The molecule has 0 atom stereocenters. The van der Waals surface area contributed by atoms with Crippen LogP contribution < -0.4 is 10.3 Å². The van der Waals surface area contributed by atoms with Crippen LogP contribution in [-0.4, -0.2) is 25.3 Å². The first kappa shape index (κ1) is 27.0. The number of aromatic nitrogens is 1. The average Bonchev–Trinajstić information content (AvgIpc) is 2.90. The smallest absolute Gasteiger partial charge is 0.259 e. The van der Waals surface area contributed by atoms with E-state index in [1.165, 1.54) is 16.7 Å². The minimum absolute atomic E-state index is 0.134. The molecule has 6 nitrogen and oxygen atoms in total. The van der Waals surface area contributed by atoms with Gasteiger partial charge in [-0.15, -0.1) is 0 Å². The van der Waals surface area contributed by atoms with Crippen LogP contribution in [0.5, 0.6) is 0 Å². The molecule has 0 aliphatic carbocycles. The number of ketones is 1. The van der Waals surface area contributed by atoms with Gasteiger partial charge in [0, 0.05) is 28.4 Å². The second kappa shape index (κ2) is 11.5. The van der Waals surface area contributed by atoms with Gasteiger partial charge in [0.05, 0.1) is 17.1 Å². The van der Waals surface area contributed by atoms with E-state index in [2.05, 4.69) is 20.7 Å². The number of rotatable bonds is 10. The molecule has 0 saturated heterocycles. The van der Waals surface area contributed by atoms with Crippen LogP contribution in [0.1, 0.15) is 49.2 Å². The largest absolute Gasteiger partial charge is 0.300 e. The second-order valence-electron chi connectivity index (χ2n) is 8.84. The highest BCUT2D eigenvalue weighted by atomic mass is 79.9. The van der Waals surface area contributed by atoms with E-state index in [0.29, 0.717) is 28.6 Å². The third-order valence-electron chi connectivity index (χ3n) is 6.28. The number of hydrogen-bond donors (Lipinski definition) is 1. The van der Waals surface area contributed by atoms with Crippen LogP contribution in [0, 0.1) is 0 Å². The SMILES string of the molecule is CCCCNS(=O)(=O)c1ccc(Cn2c(C(=O)CC)c(-c3ccccc3)c3cc(Br)ccc3c2=O)cc1. The first-order chi connectivity index (χ1) is 17.8. The Labute approximate surface area is 225 Å². The van der Waals surface area contributed by atoms with Gasteiger partial charge in [-0.05, 0) is 53.3 Å². The number of carbonyl (C=O) groups excluding carboxylic acids is 1. The fraction of sp³-hybridized carbons (Fsp3) is 0.241. The Hall–Kier alpha value is -3.07. The van der Waals surface area contributed by atoms with E-state index in [1.54, 1.807) is 25.1 Å². The highest BCUT2D eigenvalue weighted by molar-refractivity contribution is 9.10. The van der Waals surface area contributed by atoms with Gasteiger partial charge in [0.25, 0.3) is 5.56 Å². The summed E-state index contributed by atoms with van der Waals surface area (Å²) < 4.78 is 30.1. The first-order valence-electron chi connectivity index (χ1n) is 12.3. The number of halogens is 1. The van der Waals surface area contributed by atoms with Crippen molar-refractivity contribution in [1.82, 2.24) is 9.29 Å². The van der Waals surface area contributed by atoms with Gasteiger partial charge in [0.15, 0.2) is 5.78 Å². The number of Topliss-reactive ketones (excluding diaryl/α,β-unsaturated/α-hetero) is 1.